The van der Waals surface area contributed by atoms with Crippen LogP contribution >= 0.6 is 0 Å². The third kappa shape index (κ3) is 3.99. The monoisotopic (exact) mass is 298 g/mol. The molecule has 2 aliphatic rings. The number of urea groups is 2. The van der Waals surface area contributed by atoms with Crippen molar-refractivity contribution in [2.45, 2.75) is 37.8 Å². The third-order valence-corrected chi connectivity index (χ3v) is 4.14. The Morgan fingerprint density at radius 1 is 1.00 bits per heavy atom. The largest absolute Gasteiger partial charge is 0.481 e. The Balaban J connectivity index is 1.65. The van der Waals surface area contributed by atoms with E-state index in [0.717, 1.165) is 0 Å². The fraction of sp³-hybridized carbons (Fsp3) is 0.769. The van der Waals surface area contributed by atoms with E-state index in [2.05, 4.69) is 16.0 Å². The van der Waals surface area contributed by atoms with E-state index in [-0.39, 0.29) is 30.1 Å². The molecule has 0 aromatic heterocycles. The van der Waals surface area contributed by atoms with Crippen LogP contribution in [0.25, 0.3) is 0 Å². The minimum Gasteiger partial charge on any atom is -0.481 e. The molecule has 0 atom stereocenters. The number of hydrogen-bond donors (Lipinski definition) is 4. The highest BCUT2D eigenvalue weighted by molar-refractivity contribution is 5.77. The smallest absolute Gasteiger partial charge is 0.317 e. The molecule has 4 amide bonds. The van der Waals surface area contributed by atoms with Gasteiger partial charge in [0.2, 0.25) is 0 Å². The predicted molar refractivity (Wildman–Crippen MR) is 74.9 cm³/mol. The molecule has 1 heterocycles. The van der Waals surface area contributed by atoms with E-state index in [9.17, 15) is 14.4 Å². The zero-order chi connectivity index (χ0) is 15.4. The average Bonchev–Trinajstić information content (AvgIpc) is 2.42. The van der Waals surface area contributed by atoms with Crippen molar-refractivity contribution in [3.8, 4) is 0 Å². The van der Waals surface area contributed by atoms with Gasteiger partial charge in [0.25, 0.3) is 0 Å². The highest BCUT2D eigenvalue weighted by Gasteiger charge is 2.33. The van der Waals surface area contributed by atoms with Gasteiger partial charge in [0, 0.05) is 26.2 Å². The molecule has 1 aliphatic heterocycles. The van der Waals surface area contributed by atoms with E-state index in [1.807, 2.05) is 0 Å². The highest BCUT2D eigenvalue weighted by Crippen LogP contribution is 2.24. The van der Waals surface area contributed by atoms with E-state index >= 15 is 0 Å². The Kier molecular flexibility index (Phi) is 4.87. The summed E-state index contributed by atoms with van der Waals surface area (Å²) >= 11 is 0. The molecule has 8 heteroatoms. The van der Waals surface area contributed by atoms with Crippen molar-refractivity contribution < 1.29 is 19.5 Å². The number of nitrogens with one attached hydrogen (secondary N) is 3. The summed E-state index contributed by atoms with van der Waals surface area (Å²) in [6.07, 6.45) is 2.63. The number of hydrogen-bond acceptors (Lipinski definition) is 3. The molecule has 0 aromatic carbocycles. The van der Waals surface area contributed by atoms with E-state index in [4.69, 9.17) is 5.11 Å². The van der Waals surface area contributed by atoms with Crippen molar-refractivity contribution in [1.82, 2.24) is 20.9 Å². The Hall–Kier alpha value is -1.99. The van der Waals surface area contributed by atoms with Crippen molar-refractivity contribution in [1.29, 1.82) is 0 Å². The maximum absolute atomic E-state index is 12.0. The van der Waals surface area contributed by atoms with Crippen LogP contribution in [-0.4, -0.2) is 60.3 Å². The van der Waals surface area contributed by atoms with Crippen molar-refractivity contribution in [3.05, 3.63) is 0 Å². The molecule has 0 unspecified atom stereocenters. The normalized spacial score (nSPS) is 25.7. The van der Waals surface area contributed by atoms with Gasteiger partial charge < -0.3 is 26.0 Å². The van der Waals surface area contributed by atoms with Crippen LogP contribution in [-0.2, 0) is 4.79 Å². The van der Waals surface area contributed by atoms with E-state index in [1.54, 1.807) is 11.9 Å². The van der Waals surface area contributed by atoms with Gasteiger partial charge in [-0.05, 0) is 25.7 Å². The molecule has 0 radical (unpaired) electrons. The number of carboxylic acid groups (broad SMARTS) is 1. The van der Waals surface area contributed by atoms with Crippen LogP contribution in [0.3, 0.4) is 0 Å². The van der Waals surface area contributed by atoms with Crippen LogP contribution in [0.1, 0.15) is 25.7 Å². The molecule has 2 fully saturated rings. The zero-order valence-electron chi connectivity index (χ0n) is 12.1. The van der Waals surface area contributed by atoms with Crippen LogP contribution in [0.5, 0.6) is 0 Å². The summed E-state index contributed by atoms with van der Waals surface area (Å²) in [7, 11) is 1.55. The molecular formula is C13H22N4O4. The van der Waals surface area contributed by atoms with E-state index in [0.29, 0.717) is 38.8 Å². The van der Waals surface area contributed by atoms with Crippen LogP contribution in [0.15, 0.2) is 0 Å². The molecule has 8 nitrogen and oxygen atoms in total. The van der Waals surface area contributed by atoms with Gasteiger partial charge in [0.05, 0.1) is 12.0 Å². The lowest BCUT2D eigenvalue weighted by Crippen LogP contribution is -2.64. The standard InChI is InChI=1S/C13H22N4O4/c1-14-12(20)15-10-6-17(7-10)13(21)16-9-4-2-8(3-5-9)11(18)19/h8-10H,2-7H2,1H3,(H,16,21)(H,18,19)(H2,14,15,20). The van der Waals surface area contributed by atoms with E-state index in [1.165, 1.54) is 0 Å². The Morgan fingerprint density at radius 2 is 1.62 bits per heavy atom. The minimum absolute atomic E-state index is 0.00144. The van der Waals surface area contributed by atoms with E-state index < -0.39 is 5.97 Å². The molecule has 118 valence electrons. The van der Waals surface area contributed by atoms with Crippen molar-refractivity contribution in [2.75, 3.05) is 20.1 Å². The number of rotatable bonds is 3. The van der Waals surface area contributed by atoms with Crippen molar-refractivity contribution in [2.24, 2.45) is 5.92 Å². The number of carbonyl (C=O) groups excluding carboxylic acids is 2. The van der Waals surface area contributed by atoms with Gasteiger partial charge in [-0.3, -0.25) is 4.79 Å². The molecule has 2 rings (SSSR count). The lowest BCUT2D eigenvalue weighted by molar-refractivity contribution is -0.142. The maximum Gasteiger partial charge on any atom is 0.317 e. The third-order valence-electron chi connectivity index (χ3n) is 4.14. The van der Waals surface area contributed by atoms with Crippen LogP contribution in [0, 0.1) is 5.92 Å². The first-order valence-corrected chi connectivity index (χ1v) is 7.26. The van der Waals surface area contributed by atoms with Gasteiger partial charge >= 0.3 is 18.0 Å². The predicted octanol–water partition coefficient (Wildman–Crippen LogP) is -0.0474. The summed E-state index contributed by atoms with van der Waals surface area (Å²) in [5.74, 6) is -1.02. The molecule has 0 aromatic rings. The number of amides is 4. The fourth-order valence-electron chi connectivity index (χ4n) is 2.74. The molecule has 1 saturated heterocycles. The molecule has 4 N–H and O–H groups in total. The van der Waals surface area contributed by atoms with Gasteiger partial charge in [-0.15, -0.1) is 0 Å². The molecule has 21 heavy (non-hydrogen) atoms. The number of carbonyl (C=O) groups is 3. The van der Waals surface area contributed by atoms with Gasteiger partial charge in [0.15, 0.2) is 0 Å². The summed E-state index contributed by atoms with van der Waals surface area (Å²) < 4.78 is 0. The maximum atomic E-state index is 12.0. The Labute approximate surface area is 123 Å². The van der Waals surface area contributed by atoms with Crippen molar-refractivity contribution in [3.63, 3.8) is 0 Å². The van der Waals surface area contributed by atoms with Gasteiger partial charge in [-0.25, -0.2) is 9.59 Å². The highest BCUT2D eigenvalue weighted by atomic mass is 16.4. The number of nitrogens with zero attached hydrogens (tertiary/aromatic N) is 1. The van der Waals surface area contributed by atoms with Gasteiger partial charge in [-0.2, -0.15) is 0 Å². The Morgan fingerprint density at radius 3 is 2.14 bits per heavy atom. The first-order chi connectivity index (χ1) is 9.99. The lowest BCUT2D eigenvalue weighted by Gasteiger charge is -2.40. The fourth-order valence-corrected chi connectivity index (χ4v) is 2.74. The number of likely N-dealkylation sites (tertiary alicyclic amines) is 1. The summed E-state index contributed by atoms with van der Waals surface area (Å²) in [5, 5.41) is 17.1. The quantitative estimate of drug-likeness (QED) is 0.585. The van der Waals surface area contributed by atoms with Crippen molar-refractivity contribution >= 4 is 18.0 Å². The minimum atomic E-state index is -0.745. The number of aliphatic carboxylic acids is 1. The summed E-state index contributed by atoms with van der Waals surface area (Å²) in [4.78, 5) is 35.6. The molecular weight excluding hydrogens is 276 g/mol. The lowest BCUT2D eigenvalue weighted by atomic mass is 9.86. The first-order valence-electron chi connectivity index (χ1n) is 7.26. The SMILES string of the molecule is CNC(=O)NC1CN(C(=O)NC2CCC(C(=O)O)CC2)C1. The molecule has 1 saturated carbocycles. The first kappa shape index (κ1) is 15.4. The van der Waals surface area contributed by atoms with Crippen LogP contribution in [0.4, 0.5) is 9.59 Å². The van der Waals surface area contributed by atoms with Gasteiger partial charge in [0.1, 0.15) is 0 Å². The summed E-state index contributed by atoms with van der Waals surface area (Å²) in [6, 6.07) is -0.326. The van der Waals surface area contributed by atoms with Crippen LogP contribution in [0.2, 0.25) is 0 Å². The molecule has 0 bridgehead atoms. The topological polar surface area (TPSA) is 111 Å². The second-order valence-corrected chi connectivity index (χ2v) is 5.66. The van der Waals surface area contributed by atoms with Gasteiger partial charge in [-0.1, -0.05) is 0 Å². The second kappa shape index (κ2) is 6.64. The molecule has 1 aliphatic carbocycles. The zero-order valence-corrected chi connectivity index (χ0v) is 12.1. The second-order valence-electron chi connectivity index (χ2n) is 5.66. The van der Waals surface area contributed by atoms with Crippen LogP contribution < -0.4 is 16.0 Å². The Bertz CT molecular complexity index is 414. The summed E-state index contributed by atoms with van der Waals surface area (Å²) in [6.45, 7) is 1.01. The average molecular weight is 298 g/mol. The molecule has 0 spiro atoms. The number of carboxylic acids is 1. The summed E-state index contributed by atoms with van der Waals surface area (Å²) in [5.41, 5.74) is 0.